The van der Waals surface area contributed by atoms with E-state index in [0.29, 0.717) is 0 Å². The Morgan fingerprint density at radius 2 is 2.08 bits per heavy atom. The normalized spacial score (nSPS) is 31.3. The molecule has 0 heterocycles. The van der Waals surface area contributed by atoms with Gasteiger partial charge in [0.15, 0.2) is 0 Å². The molecule has 70 valence electrons. The number of rotatable bonds is 4. The largest absolute Gasteiger partial charge is 0.103 e. The summed E-state index contributed by atoms with van der Waals surface area (Å²) >= 11 is 0. The van der Waals surface area contributed by atoms with Crippen LogP contribution in [0.15, 0.2) is 12.7 Å². The third-order valence-electron chi connectivity index (χ3n) is 3.53. The standard InChI is InChI=1S/C12H22/c1-5-11(9(2)3)8-12-7-6-10(12)4/h5,9-12H,1,6-8H2,2-4H3. The van der Waals surface area contributed by atoms with Gasteiger partial charge < -0.3 is 0 Å². The fourth-order valence-corrected chi connectivity index (χ4v) is 2.08. The zero-order valence-corrected chi connectivity index (χ0v) is 8.72. The number of allylic oxidation sites excluding steroid dienone is 1. The van der Waals surface area contributed by atoms with Gasteiger partial charge in [-0.05, 0) is 36.5 Å². The van der Waals surface area contributed by atoms with Gasteiger partial charge in [0.05, 0.1) is 0 Å². The van der Waals surface area contributed by atoms with Gasteiger partial charge in [0.2, 0.25) is 0 Å². The molecule has 1 aliphatic rings. The summed E-state index contributed by atoms with van der Waals surface area (Å²) in [6.45, 7) is 10.9. The molecule has 0 amide bonds. The summed E-state index contributed by atoms with van der Waals surface area (Å²) in [6.07, 6.45) is 6.43. The molecule has 1 rings (SSSR count). The zero-order chi connectivity index (χ0) is 9.14. The highest BCUT2D eigenvalue weighted by Crippen LogP contribution is 2.39. The van der Waals surface area contributed by atoms with Crippen LogP contribution in [-0.4, -0.2) is 0 Å². The van der Waals surface area contributed by atoms with E-state index >= 15 is 0 Å². The second kappa shape index (κ2) is 4.11. The van der Waals surface area contributed by atoms with Crippen molar-refractivity contribution in [1.82, 2.24) is 0 Å². The van der Waals surface area contributed by atoms with Crippen LogP contribution in [0.1, 0.15) is 40.0 Å². The maximum atomic E-state index is 3.92. The predicted octanol–water partition coefficient (Wildman–Crippen LogP) is 3.88. The third-order valence-corrected chi connectivity index (χ3v) is 3.53. The van der Waals surface area contributed by atoms with Gasteiger partial charge in [-0.3, -0.25) is 0 Å². The van der Waals surface area contributed by atoms with Gasteiger partial charge in [-0.1, -0.05) is 33.3 Å². The smallest absolute Gasteiger partial charge is 0.0210 e. The van der Waals surface area contributed by atoms with Crippen LogP contribution in [0.4, 0.5) is 0 Å². The van der Waals surface area contributed by atoms with Crippen LogP contribution in [0.5, 0.6) is 0 Å². The minimum Gasteiger partial charge on any atom is -0.103 e. The minimum absolute atomic E-state index is 0.748. The number of hydrogen-bond acceptors (Lipinski definition) is 0. The van der Waals surface area contributed by atoms with Gasteiger partial charge in [0.25, 0.3) is 0 Å². The van der Waals surface area contributed by atoms with Crippen molar-refractivity contribution < 1.29 is 0 Å². The highest BCUT2D eigenvalue weighted by atomic mass is 14.3. The van der Waals surface area contributed by atoms with Crippen molar-refractivity contribution in [3.63, 3.8) is 0 Å². The van der Waals surface area contributed by atoms with Crippen LogP contribution in [-0.2, 0) is 0 Å². The van der Waals surface area contributed by atoms with E-state index < -0.39 is 0 Å². The van der Waals surface area contributed by atoms with E-state index in [2.05, 4.69) is 33.4 Å². The molecule has 0 bridgehead atoms. The maximum Gasteiger partial charge on any atom is -0.0210 e. The van der Waals surface area contributed by atoms with E-state index in [1.807, 2.05) is 0 Å². The molecule has 0 saturated heterocycles. The zero-order valence-electron chi connectivity index (χ0n) is 8.72. The van der Waals surface area contributed by atoms with Gasteiger partial charge in [-0.15, -0.1) is 6.58 Å². The summed E-state index contributed by atoms with van der Waals surface area (Å²) < 4.78 is 0. The van der Waals surface area contributed by atoms with Crippen molar-refractivity contribution in [3.05, 3.63) is 12.7 Å². The molecule has 0 heteroatoms. The first-order valence-corrected chi connectivity index (χ1v) is 5.27. The average Bonchev–Trinajstić information content (AvgIpc) is 2.02. The molecule has 0 aliphatic heterocycles. The Morgan fingerprint density at radius 1 is 1.42 bits per heavy atom. The lowest BCUT2D eigenvalue weighted by Gasteiger charge is -2.36. The first-order valence-electron chi connectivity index (χ1n) is 5.27. The highest BCUT2D eigenvalue weighted by Gasteiger charge is 2.28. The summed E-state index contributed by atoms with van der Waals surface area (Å²) in [7, 11) is 0. The summed E-state index contributed by atoms with van der Waals surface area (Å²) in [5.74, 6) is 3.50. The Morgan fingerprint density at radius 3 is 2.33 bits per heavy atom. The van der Waals surface area contributed by atoms with Crippen molar-refractivity contribution in [2.75, 3.05) is 0 Å². The fraction of sp³-hybridized carbons (Fsp3) is 0.833. The second-order valence-electron chi connectivity index (χ2n) is 4.69. The van der Waals surface area contributed by atoms with Crippen LogP contribution >= 0.6 is 0 Å². The van der Waals surface area contributed by atoms with E-state index in [4.69, 9.17) is 0 Å². The minimum atomic E-state index is 0.748. The SMILES string of the molecule is C=CC(CC1CCC1C)C(C)C. The molecule has 0 aromatic rings. The lowest BCUT2D eigenvalue weighted by molar-refractivity contribution is 0.155. The van der Waals surface area contributed by atoms with Gasteiger partial charge in [-0.2, -0.15) is 0 Å². The van der Waals surface area contributed by atoms with Crippen LogP contribution in [0.25, 0.3) is 0 Å². The van der Waals surface area contributed by atoms with E-state index in [1.165, 1.54) is 19.3 Å². The molecule has 3 unspecified atom stereocenters. The molecule has 0 spiro atoms. The summed E-state index contributed by atoms with van der Waals surface area (Å²) in [6, 6.07) is 0. The Hall–Kier alpha value is -0.260. The number of hydrogen-bond donors (Lipinski definition) is 0. The molecule has 1 saturated carbocycles. The van der Waals surface area contributed by atoms with Crippen molar-refractivity contribution in [2.24, 2.45) is 23.7 Å². The molecule has 0 nitrogen and oxygen atoms in total. The van der Waals surface area contributed by atoms with Crippen molar-refractivity contribution in [2.45, 2.75) is 40.0 Å². The first-order chi connectivity index (χ1) is 5.65. The summed E-state index contributed by atoms with van der Waals surface area (Å²) in [4.78, 5) is 0. The Bertz CT molecular complexity index is 146. The van der Waals surface area contributed by atoms with Crippen molar-refractivity contribution >= 4 is 0 Å². The molecule has 1 aliphatic carbocycles. The molecule has 3 atom stereocenters. The predicted molar refractivity (Wildman–Crippen MR) is 55.0 cm³/mol. The maximum absolute atomic E-state index is 3.92. The summed E-state index contributed by atoms with van der Waals surface area (Å²) in [5, 5.41) is 0. The van der Waals surface area contributed by atoms with E-state index in [0.717, 1.165) is 23.7 Å². The highest BCUT2D eigenvalue weighted by molar-refractivity contribution is 4.87. The molecule has 0 aromatic heterocycles. The van der Waals surface area contributed by atoms with Gasteiger partial charge in [0, 0.05) is 0 Å². The topological polar surface area (TPSA) is 0 Å². The summed E-state index contributed by atoms with van der Waals surface area (Å²) in [5.41, 5.74) is 0. The molecule has 12 heavy (non-hydrogen) atoms. The van der Waals surface area contributed by atoms with Crippen molar-refractivity contribution in [1.29, 1.82) is 0 Å². The van der Waals surface area contributed by atoms with Gasteiger partial charge >= 0.3 is 0 Å². The molecule has 0 aromatic carbocycles. The molecular weight excluding hydrogens is 144 g/mol. The quantitative estimate of drug-likeness (QED) is 0.556. The van der Waals surface area contributed by atoms with Gasteiger partial charge in [-0.25, -0.2) is 0 Å². The molecule has 1 fully saturated rings. The van der Waals surface area contributed by atoms with Crippen LogP contribution in [0.3, 0.4) is 0 Å². The molecular formula is C12H22. The Balaban J connectivity index is 2.32. The third kappa shape index (κ3) is 2.12. The Labute approximate surface area is 77.1 Å². The first kappa shape index (κ1) is 9.83. The van der Waals surface area contributed by atoms with Gasteiger partial charge in [0.1, 0.15) is 0 Å². The fourth-order valence-electron chi connectivity index (χ4n) is 2.08. The monoisotopic (exact) mass is 166 g/mol. The van der Waals surface area contributed by atoms with E-state index in [1.54, 1.807) is 0 Å². The average molecular weight is 166 g/mol. The molecule has 0 radical (unpaired) electrons. The lowest BCUT2D eigenvalue weighted by Crippen LogP contribution is -2.26. The van der Waals surface area contributed by atoms with Crippen LogP contribution in [0.2, 0.25) is 0 Å². The van der Waals surface area contributed by atoms with Crippen molar-refractivity contribution in [3.8, 4) is 0 Å². The van der Waals surface area contributed by atoms with Crippen LogP contribution in [0, 0.1) is 23.7 Å². The Kier molecular flexibility index (Phi) is 3.37. The molecule has 0 N–H and O–H groups in total. The lowest BCUT2D eigenvalue weighted by atomic mass is 9.69. The van der Waals surface area contributed by atoms with E-state index in [9.17, 15) is 0 Å². The van der Waals surface area contributed by atoms with E-state index in [-0.39, 0.29) is 0 Å². The second-order valence-corrected chi connectivity index (χ2v) is 4.69. The van der Waals surface area contributed by atoms with Crippen LogP contribution < -0.4 is 0 Å².